The van der Waals surface area contributed by atoms with E-state index in [1.54, 1.807) is 12.1 Å². The van der Waals surface area contributed by atoms with Crippen molar-refractivity contribution in [2.75, 3.05) is 7.11 Å². The summed E-state index contributed by atoms with van der Waals surface area (Å²) in [6, 6.07) is 3.44. The Morgan fingerprint density at radius 3 is 3.14 bits per heavy atom. The summed E-state index contributed by atoms with van der Waals surface area (Å²) in [5, 5.41) is 11.3. The minimum atomic E-state index is 0.565. The zero-order valence-electron chi connectivity index (χ0n) is 7.47. The number of methoxy groups -OCH3 is 1. The number of oxazole rings is 1. The maximum atomic E-state index is 8.39. The van der Waals surface area contributed by atoms with Crippen LogP contribution in [0.15, 0.2) is 28.1 Å². The summed E-state index contributed by atoms with van der Waals surface area (Å²) >= 11 is 0. The highest BCUT2D eigenvalue weighted by molar-refractivity contribution is 5.89. The molecule has 0 amide bonds. The Morgan fingerprint density at radius 1 is 1.57 bits per heavy atom. The van der Waals surface area contributed by atoms with Crippen LogP contribution in [0.5, 0.6) is 5.75 Å². The van der Waals surface area contributed by atoms with Crippen LogP contribution >= 0.6 is 0 Å². The molecule has 1 aromatic carbocycles. The van der Waals surface area contributed by atoms with Crippen LogP contribution in [0.1, 0.15) is 5.56 Å². The van der Waals surface area contributed by atoms with E-state index in [0.717, 1.165) is 0 Å². The lowest BCUT2D eigenvalue weighted by Crippen LogP contribution is -1.87. The number of hydrogen-bond donors (Lipinski definition) is 1. The van der Waals surface area contributed by atoms with Crippen LogP contribution in [0, 0.1) is 0 Å². The van der Waals surface area contributed by atoms with Crippen LogP contribution in [0.4, 0.5) is 0 Å². The molecule has 0 bridgehead atoms. The summed E-state index contributed by atoms with van der Waals surface area (Å²) in [6.07, 6.45) is 2.64. The Balaban J connectivity index is 2.67. The van der Waals surface area contributed by atoms with Crippen molar-refractivity contribution >= 4 is 17.3 Å². The molecule has 0 spiro atoms. The zero-order chi connectivity index (χ0) is 9.97. The molecule has 0 saturated carbocycles. The SMILES string of the molecule is COc1cc(C=NO)cc2ncoc12. The van der Waals surface area contributed by atoms with E-state index in [0.29, 0.717) is 22.4 Å². The molecule has 1 aromatic heterocycles. The van der Waals surface area contributed by atoms with Crippen molar-refractivity contribution < 1.29 is 14.4 Å². The van der Waals surface area contributed by atoms with E-state index in [1.165, 1.54) is 19.7 Å². The topological polar surface area (TPSA) is 67.8 Å². The van der Waals surface area contributed by atoms with Gasteiger partial charge in [-0.05, 0) is 12.1 Å². The molecule has 0 radical (unpaired) electrons. The van der Waals surface area contributed by atoms with Gasteiger partial charge in [-0.2, -0.15) is 0 Å². The number of ether oxygens (including phenoxy) is 1. The number of fused-ring (bicyclic) bond motifs is 1. The minimum Gasteiger partial charge on any atom is -0.493 e. The van der Waals surface area contributed by atoms with E-state index in [4.69, 9.17) is 14.4 Å². The number of hydrogen-bond acceptors (Lipinski definition) is 5. The number of aromatic nitrogens is 1. The summed E-state index contributed by atoms with van der Waals surface area (Å²) in [7, 11) is 1.54. The zero-order valence-corrected chi connectivity index (χ0v) is 7.47. The van der Waals surface area contributed by atoms with Crippen molar-refractivity contribution in [2.24, 2.45) is 5.16 Å². The fourth-order valence-corrected chi connectivity index (χ4v) is 1.25. The van der Waals surface area contributed by atoms with Crippen molar-refractivity contribution in [2.45, 2.75) is 0 Å². The second-order valence-corrected chi connectivity index (χ2v) is 2.67. The molecule has 0 aliphatic rings. The average Bonchev–Trinajstić information content (AvgIpc) is 2.65. The molecule has 2 aromatic rings. The first kappa shape index (κ1) is 8.55. The van der Waals surface area contributed by atoms with Gasteiger partial charge in [0.15, 0.2) is 17.7 Å². The quantitative estimate of drug-likeness (QED) is 0.446. The number of nitrogens with zero attached hydrogens (tertiary/aromatic N) is 2. The first-order chi connectivity index (χ1) is 6.85. The first-order valence-corrected chi connectivity index (χ1v) is 3.94. The second-order valence-electron chi connectivity index (χ2n) is 2.67. The predicted octanol–water partition coefficient (Wildman–Crippen LogP) is 1.64. The van der Waals surface area contributed by atoms with E-state index >= 15 is 0 Å². The van der Waals surface area contributed by atoms with Gasteiger partial charge < -0.3 is 14.4 Å². The first-order valence-electron chi connectivity index (χ1n) is 3.94. The standard InChI is InChI=1S/C9H8N2O3/c1-13-8-3-6(4-11-12)2-7-9(8)14-5-10-7/h2-5,12H,1H3. The van der Waals surface area contributed by atoms with Crippen LogP contribution < -0.4 is 4.74 Å². The molecule has 14 heavy (non-hydrogen) atoms. The highest BCUT2D eigenvalue weighted by Gasteiger charge is 2.07. The second kappa shape index (κ2) is 3.37. The molecule has 0 aliphatic carbocycles. The highest BCUT2D eigenvalue weighted by Crippen LogP contribution is 2.25. The van der Waals surface area contributed by atoms with Gasteiger partial charge in [0.1, 0.15) is 5.52 Å². The monoisotopic (exact) mass is 192 g/mol. The third-order valence-electron chi connectivity index (χ3n) is 1.85. The minimum absolute atomic E-state index is 0.565. The van der Waals surface area contributed by atoms with Crippen LogP contribution in [0.2, 0.25) is 0 Å². The molecule has 1 N–H and O–H groups in total. The molecule has 5 nitrogen and oxygen atoms in total. The van der Waals surface area contributed by atoms with Crippen LogP contribution in [0.25, 0.3) is 11.1 Å². The summed E-state index contributed by atoms with van der Waals surface area (Å²) in [5.74, 6) is 0.565. The predicted molar refractivity (Wildman–Crippen MR) is 49.9 cm³/mol. The Labute approximate surface area is 79.6 Å². The summed E-state index contributed by atoms with van der Waals surface area (Å²) in [4.78, 5) is 3.98. The van der Waals surface area contributed by atoms with Gasteiger partial charge in [0.2, 0.25) is 0 Å². The van der Waals surface area contributed by atoms with Gasteiger partial charge in [-0.1, -0.05) is 5.16 Å². The molecule has 0 aliphatic heterocycles. The number of oxime groups is 1. The Kier molecular flexibility index (Phi) is 2.06. The van der Waals surface area contributed by atoms with Gasteiger partial charge >= 0.3 is 0 Å². The van der Waals surface area contributed by atoms with E-state index in [9.17, 15) is 0 Å². The van der Waals surface area contributed by atoms with Crippen molar-refractivity contribution in [3.05, 3.63) is 24.1 Å². The van der Waals surface area contributed by atoms with E-state index < -0.39 is 0 Å². The lowest BCUT2D eigenvalue weighted by Gasteiger charge is -2.00. The van der Waals surface area contributed by atoms with Crippen LogP contribution in [-0.2, 0) is 0 Å². The number of rotatable bonds is 2. The van der Waals surface area contributed by atoms with Crippen molar-refractivity contribution in [1.82, 2.24) is 4.98 Å². The average molecular weight is 192 g/mol. The Bertz CT molecular complexity index is 476. The van der Waals surface area contributed by atoms with Crippen LogP contribution in [0.3, 0.4) is 0 Å². The molecule has 72 valence electrons. The van der Waals surface area contributed by atoms with Gasteiger partial charge in [0.05, 0.1) is 13.3 Å². The van der Waals surface area contributed by atoms with Crippen molar-refractivity contribution in [1.29, 1.82) is 0 Å². The lowest BCUT2D eigenvalue weighted by atomic mass is 10.2. The van der Waals surface area contributed by atoms with Gasteiger partial charge in [-0.25, -0.2) is 4.98 Å². The molecule has 0 unspecified atom stereocenters. The Hall–Kier alpha value is -2.04. The fourth-order valence-electron chi connectivity index (χ4n) is 1.25. The van der Waals surface area contributed by atoms with Gasteiger partial charge in [-0.15, -0.1) is 0 Å². The maximum absolute atomic E-state index is 8.39. The van der Waals surface area contributed by atoms with E-state index in [2.05, 4.69) is 10.1 Å². The molecule has 5 heteroatoms. The molecule has 0 atom stereocenters. The highest BCUT2D eigenvalue weighted by atomic mass is 16.5. The van der Waals surface area contributed by atoms with Gasteiger partial charge in [-0.3, -0.25) is 0 Å². The molecule has 2 rings (SSSR count). The van der Waals surface area contributed by atoms with E-state index in [1.807, 2.05) is 0 Å². The molecule has 0 fully saturated rings. The third kappa shape index (κ3) is 1.28. The smallest absolute Gasteiger partial charge is 0.196 e. The number of benzene rings is 1. The molecule has 1 heterocycles. The van der Waals surface area contributed by atoms with Gasteiger partial charge in [0.25, 0.3) is 0 Å². The fraction of sp³-hybridized carbons (Fsp3) is 0.111. The van der Waals surface area contributed by atoms with Gasteiger partial charge in [0, 0.05) is 5.56 Å². The summed E-state index contributed by atoms with van der Waals surface area (Å²) in [6.45, 7) is 0. The Morgan fingerprint density at radius 2 is 2.43 bits per heavy atom. The normalized spacial score (nSPS) is 11.2. The molecule has 0 saturated heterocycles. The molecular formula is C9H8N2O3. The van der Waals surface area contributed by atoms with Crippen molar-refractivity contribution in [3.63, 3.8) is 0 Å². The maximum Gasteiger partial charge on any atom is 0.196 e. The lowest BCUT2D eigenvalue weighted by molar-refractivity contribution is 0.322. The summed E-state index contributed by atoms with van der Waals surface area (Å²) in [5.41, 5.74) is 1.95. The molecular weight excluding hydrogens is 184 g/mol. The van der Waals surface area contributed by atoms with Crippen LogP contribution in [-0.4, -0.2) is 23.5 Å². The van der Waals surface area contributed by atoms with E-state index in [-0.39, 0.29) is 0 Å². The summed E-state index contributed by atoms with van der Waals surface area (Å²) < 4.78 is 10.2. The van der Waals surface area contributed by atoms with Crippen molar-refractivity contribution in [3.8, 4) is 5.75 Å². The third-order valence-corrected chi connectivity index (χ3v) is 1.85. The largest absolute Gasteiger partial charge is 0.493 e.